The van der Waals surface area contributed by atoms with Crippen molar-refractivity contribution in [1.82, 2.24) is 4.90 Å². The highest BCUT2D eigenvalue weighted by Crippen LogP contribution is 2.51. The van der Waals surface area contributed by atoms with Gasteiger partial charge in [-0.2, -0.15) is 0 Å². The van der Waals surface area contributed by atoms with Crippen LogP contribution in [0.4, 0.5) is 5.69 Å². The van der Waals surface area contributed by atoms with Crippen LogP contribution in [0.15, 0.2) is 42.5 Å². The lowest BCUT2D eigenvalue weighted by atomic mass is 9.52. The number of nitrogens with zero attached hydrogens (tertiary/aromatic N) is 1. The molecule has 214 valence electrons. The van der Waals surface area contributed by atoms with Crippen LogP contribution in [0, 0.1) is 23.7 Å². The summed E-state index contributed by atoms with van der Waals surface area (Å²) < 4.78 is 0. The summed E-state index contributed by atoms with van der Waals surface area (Å²) in [6.07, 6.45) is 0.101. The van der Waals surface area contributed by atoms with E-state index in [0.29, 0.717) is 11.1 Å². The Hall–Kier alpha value is -3.74. The molecule has 3 aliphatic rings. The van der Waals surface area contributed by atoms with Crippen LogP contribution in [0.3, 0.4) is 0 Å². The molecule has 12 heteroatoms. The highest BCUT2D eigenvalue weighted by molar-refractivity contribution is 9.09. The number of fused-ring (bicyclic) bond motifs is 3. The topological polar surface area (TPSA) is 184 Å². The van der Waals surface area contributed by atoms with E-state index in [2.05, 4.69) is 21.2 Å². The third kappa shape index (κ3) is 4.32. The third-order valence-corrected chi connectivity index (χ3v) is 9.46. The summed E-state index contributed by atoms with van der Waals surface area (Å²) in [5.41, 5.74) is 3.38. The number of nitrogens with two attached hydrogens (primary N) is 1. The van der Waals surface area contributed by atoms with Crippen molar-refractivity contribution < 1.29 is 39.0 Å². The van der Waals surface area contributed by atoms with Crippen molar-refractivity contribution in [1.29, 1.82) is 0 Å². The Morgan fingerprint density at radius 2 is 1.73 bits per heavy atom. The van der Waals surface area contributed by atoms with Crippen LogP contribution < -0.4 is 11.1 Å². The van der Waals surface area contributed by atoms with Crippen molar-refractivity contribution in [2.24, 2.45) is 29.4 Å². The largest absolute Gasteiger partial charge is 0.505 e. The fourth-order valence-electron chi connectivity index (χ4n) is 6.65. The molecule has 0 bridgehead atoms. The zero-order valence-corrected chi connectivity index (χ0v) is 23.8. The number of alkyl halides is 1. The molecule has 0 spiro atoms. The van der Waals surface area contributed by atoms with Crippen molar-refractivity contribution in [2.45, 2.75) is 29.3 Å². The molecule has 11 nitrogen and oxygen atoms in total. The monoisotopic (exact) mass is 625 g/mol. The summed E-state index contributed by atoms with van der Waals surface area (Å²) in [5.74, 6) is -11.8. The number of hydrogen-bond donors (Lipinski definition) is 4. The summed E-state index contributed by atoms with van der Waals surface area (Å²) in [6, 6.07) is 10.7. The molecule has 2 saturated carbocycles. The number of ketones is 4. The first-order valence-corrected chi connectivity index (χ1v) is 13.9. The van der Waals surface area contributed by atoms with Crippen molar-refractivity contribution in [3.63, 3.8) is 0 Å². The van der Waals surface area contributed by atoms with E-state index < -0.39 is 80.8 Å². The smallest absolute Gasteiger partial charge is 0.242 e. The Labute approximate surface area is 243 Å². The number of phenolic OH excluding ortho intramolecular Hbond substituents is 1. The standard InChI is InChI=1S/C29H28BrN3O8/c1-33(2)21-15-11-14-10-13-8-9-16(32-28(40)20(30)12-6-4-3-5-7-12)22(34)17(13)23(35)18(14)25(37)29(15,41)26(38)19(24(21)36)27(31)39/h3-9,14-15,18-21,34,41H,10-11H2,1-2H3,(H2,31,39)(H,32,40)/t14?,15?,18?,19?,20?,21-,29-/m0/s1. The number of Topliss-reactive ketones (excluding diaryl/α,β-unsaturated/α-hetero) is 4. The van der Waals surface area contributed by atoms with Gasteiger partial charge in [0, 0.05) is 5.92 Å². The maximum atomic E-state index is 13.9. The molecule has 5 N–H and O–H groups in total. The van der Waals surface area contributed by atoms with Gasteiger partial charge >= 0.3 is 0 Å². The van der Waals surface area contributed by atoms with Crippen molar-refractivity contribution >= 4 is 56.6 Å². The quantitative estimate of drug-likeness (QED) is 0.213. The number of benzene rings is 2. The van der Waals surface area contributed by atoms with Crippen LogP contribution in [0.25, 0.3) is 0 Å². The van der Waals surface area contributed by atoms with E-state index in [1.807, 2.05) is 0 Å². The molecule has 2 fully saturated rings. The molecule has 0 radical (unpaired) electrons. The van der Waals surface area contributed by atoms with Crippen LogP contribution in [-0.2, 0) is 30.4 Å². The van der Waals surface area contributed by atoms with Crippen LogP contribution >= 0.6 is 15.9 Å². The van der Waals surface area contributed by atoms with Gasteiger partial charge in [0.25, 0.3) is 0 Å². The second-order valence-corrected chi connectivity index (χ2v) is 12.0. The lowest BCUT2D eigenvalue weighted by molar-refractivity contribution is -0.181. The number of carbonyl (C=O) groups is 6. The minimum absolute atomic E-state index is 0.0362. The van der Waals surface area contributed by atoms with E-state index >= 15 is 0 Å². The molecule has 2 amide bonds. The van der Waals surface area contributed by atoms with Gasteiger partial charge in [-0.3, -0.25) is 33.7 Å². The summed E-state index contributed by atoms with van der Waals surface area (Å²) in [7, 11) is 3.05. The SMILES string of the molecule is CN(C)[C@@H]1C(=O)C(C(N)=O)C(=O)[C@@]2(O)C(=O)C3C(=O)c4c(ccc(NC(=O)C(Br)c5ccccc5)c4O)CC3CC12. The van der Waals surface area contributed by atoms with Gasteiger partial charge in [0.2, 0.25) is 11.8 Å². The predicted molar refractivity (Wildman–Crippen MR) is 148 cm³/mol. The number of anilines is 1. The van der Waals surface area contributed by atoms with Gasteiger partial charge in [0.15, 0.2) is 34.7 Å². The molecule has 0 aliphatic heterocycles. The number of amides is 2. The van der Waals surface area contributed by atoms with Gasteiger partial charge in [-0.1, -0.05) is 52.3 Å². The van der Waals surface area contributed by atoms with E-state index in [4.69, 9.17) is 5.73 Å². The summed E-state index contributed by atoms with van der Waals surface area (Å²) in [5, 5.41) is 25.3. The van der Waals surface area contributed by atoms with Crippen molar-refractivity contribution in [2.75, 3.05) is 19.4 Å². The summed E-state index contributed by atoms with van der Waals surface area (Å²) in [4.78, 5) is 79.8. The van der Waals surface area contributed by atoms with Gasteiger partial charge in [0.05, 0.1) is 23.2 Å². The van der Waals surface area contributed by atoms with E-state index in [-0.39, 0.29) is 24.1 Å². The lowest BCUT2D eigenvalue weighted by Gasteiger charge is -2.52. The number of aromatic hydroxyl groups is 1. The Bertz CT molecular complexity index is 1510. The van der Waals surface area contributed by atoms with Crippen LogP contribution in [0.2, 0.25) is 0 Å². The second kappa shape index (κ2) is 10.3. The summed E-state index contributed by atoms with van der Waals surface area (Å²) in [6.45, 7) is 0. The number of hydrogen-bond acceptors (Lipinski definition) is 9. The van der Waals surface area contributed by atoms with Crippen molar-refractivity contribution in [3.05, 3.63) is 59.2 Å². The van der Waals surface area contributed by atoms with Crippen LogP contribution in [0.1, 0.15) is 32.7 Å². The predicted octanol–water partition coefficient (Wildman–Crippen LogP) is 0.942. The first-order chi connectivity index (χ1) is 19.3. The Morgan fingerprint density at radius 3 is 2.34 bits per heavy atom. The molecule has 41 heavy (non-hydrogen) atoms. The Balaban J connectivity index is 1.51. The zero-order chi connectivity index (χ0) is 30.0. The molecule has 0 aromatic heterocycles. The highest BCUT2D eigenvalue weighted by Gasteiger charge is 2.69. The molecular weight excluding hydrogens is 598 g/mol. The Morgan fingerprint density at radius 1 is 1.07 bits per heavy atom. The summed E-state index contributed by atoms with van der Waals surface area (Å²) >= 11 is 3.33. The van der Waals surface area contributed by atoms with Crippen LogP contribution in [-0.4, -0.2) is 75.8 Å². The second-order valence-electron chi connectivity index (χ2n) is 11.0. The fraction of sp³-hybridized carbons (Fsp3) is 0.379. The minimum atomic E-state index is -2.79. The first-order valence-electron chi connectivity index (χ1n) is 13.0. The zero-order valence-electron chi connectivity index (χ0n) is 22.2. The van der Waals surface area contributed by atoms with Crippen molar-refractivity contribution in [3.8, 4) is 5.75 Å². The fourth-order valence-corrected chi connectivity index (χ4v) is 7.07. The van der Waals surface area contributed by atoms with E-state index in [1.54, 1.807) is 36.4 Å². The molecule has 7 atom stereocenters. The average Bonchev–Trinajstić information content (AvgIpc) is 2.91. The van der Waals surface area contributed by atoms with Crippen LogP contribution in [0.5, 0.6) is 5.75 Å². The van der Waals surface area contributed by atoms with E-state index in [0.717, 1.165) is 0 Å². The molecule has 2 aromatic rings. The van der Waals surface area contributed by atoms with Gasteiger partial charge in [-0.05, 0) is 50.0 Å². The average molecular weight is 626 g/mol. The van der Waals surface area contributed by atoms with E-state index in [9.17, 15) is 39.0 Å². The number of carbonyl (C=O) groups excluding carboxylic acids is 6. The number of likely N-dealkylation sites (N-methyl/N-ethyl adjacent to an activating group) is 1. The Kier molecular flexibility index (Phi) is 7.21. The molecule has 0 heterocycles. The maximum Gasteiger partial charge on any atom is 0.242 e. The number of phenols is 1. The maximum absolute atomic E-state index is 13.9. The lowest BCUT2D eigenvalue weighted by Crippen LogP contribution is -2.74. The number of nitrogens with one attached hydrogen (secondary N) is 1. The molecule has 3 aliphatic carbocycles. The first kappa shape index (κ1) is 28.8. The number of primary amides is 1. The minimum Gasteiger partial charge on any atom is -0.505 e. The number of rotatable bonds is 5. The normalized spacial score (nSPS) is 29.8. The molecular formula is C29H28BrN3O8. The van der Waals surface area contributed by atoms with Gasteiger partial charge in [-0.25, -0.2) is 0 Å². The van der Waals surface area contributed by atoms with Gasteiger partial charge in [0.1, 0.15) is 10.6 Å². The molecule has 0 saturated heterocycles. The highest BCUT2D eigenvalue weighted by atomic mass is 79.9. The molecule has 5 unspecified atom stereocenters. The number of aliphatic hydroxyl groups is 1. The van der Waals surface area contributed by atoms with Gasteiger partial charge in [-0.15, -0.1) is 0 Å². The van der Waals surface area contributed by atoms with E-state index in [1.165, 1.54) is 25.1 Å². The third-order valence-electron chi connectivity index (χ3n) is 8.51. The van der Waals surface area contributed by atoms with Gasteiger partial charge < -0.3 is 21.3 Å². The number of halogens is 1. The molecule has 2 aromatic carbocycles. The molecule has 5 rings (SSSR count).